The van der Waals surface area contributed by atoms with Crippen molar-refractivity contribution in [2.24, 2.45) is 0 Å². The van der Waals surface area contributed by atoms with Crippen LogP contribution in [0.4, 0.5) is 5.69 Å². The number of sulfonamides is 1. The van der Waals surface area contributed by atoms with E-state index in [1.807, 2.05) is 6.92 Å². The highest BCUT2D eigenvalue weighted by Crippen LogP contribution is 2.18. The molecule has 0 aromatic heterocycles. The standard InChI is InChI=1S/C21H28N2O6S/c1-16-4-10-21(11-5-16)30(26,27)23(12-13-28-3)14-19(25)15-29-20-8-6-18(7-9-20)22-17(2)24/h4-11,19,25H,12-15H2,1-3H3,(H,22,24). The number of aryl methyl sites for hydroxylation is 1. The van der Waals surface area contributed by atoms with Gasteiger partial charge in [0.2, 0.25) is 15.9 Å². The molecular formula is C21H28N2O6S. The molecule has 164 valence electrons. The van der Waals surface area contributed by atoms with E-state index in [0.717, 1.165) is 5.56 Å². The van der Waals surface area contributed by atoms with E-state index in [1.165, 1.54) is 18.3 Å². The molecule has 0 radical (unpaired) electrons. The molecule has 0 saturated carbocycles. The lowest BCUT2D eigenvalue weighted by Gasteiger charge is -2.24. The van der Waals surface area contributed by atoms with Crippen LogP contribution in [-0.4, -0.2) is 63.3 Å². The molecular weight excluding hydrogens is 408 g/mol. The van der Waals surface area contributed by atoms with Crippen LogP contribution in [-0.2, 0) is 19.6 Å². The summed E-state index contributed by atoms with van der Waals surface area (Å²) in [5.74, 6) is 0.318. The second kappa shape index (κ2) is 11.1. The Labute approximate surface area is 177 Å². The molecule has 1 unspecified atom stereocenters. The van der Waals surface area contributed by atoms with Crippen LogP contribution in [0.1, 0.15) is 12.5 Å². The van der Waals surface area contributed by atoms with Gasteiger partial charge in [-0.25, -0.2) is 8.42 Å². The second-order valence-electron chi connectivity index (χ2n) is 6.84. The average molecular weight is 437 g/mol. The first-order valence-corrected chi connectivity index (χ1v) is 10.9. The zero-order chi connectivity index (χ0) is 22.1. The Kier molecular flexibility index (Phi) is 8.79. The molecule has 0 saturated heterocycles. The lowest BCUT2D eigenvalue weighted by Crippen LogP contribution is -2.41. The van der Waals surface area contributed by atoms with Crippen LogP contribution in [0.5, 0.6) is 5.75 Å². The van der Waals surface area contributed by atoms with Crippen molar-refractivity contribution in [3.05, 3.63) is 54.1 Å². The molecule has 9 heteroatoms. The van der Waals surface area contributed by atoms with Gasteiger partial charge in [0.15, 0.2) is 0 Å². The number of rotatable bonds is 11. The van der Waals surface area contributed by atoms with Gasteiger partial charge >= 0.3 is 0 Å². The maximum absolute atomic E-state index is 13.0. The van der Waals surface area contributed by atoms with Crippen LogP contribution >= 0.6 is 0 Å². The molecule has 0 fully saturated rings. The molecule has 0 heterocycles. The van der Waals surface area contributed by atoms with Crippen molar-refractivity contribution in [1.29, 1.82) is 0 Å². The van der Waals surface area contributed by atoms with Crippen molar-refractivity contribution >= 4 is 21.6 Å². The van der Waals surface area contributed by atoms with E-state index < -0.39 is 16.1 Å². The summed E-state index contributed by atoms with van der Waals surface area (Å²) in [5.41, 5.74) is 1.58. The lowest BCUT2D eigenvalue weighted by molar-refractivity contribution is -0.114. The van der Waals surface area contributed by atoms with E-state index in [1.54, 1.807) is 48.5 Å². The normalized spacial score (nSPS) is 12.6. The molecule has 8 nitrogen and oxygen atoms in total. The Morgan fingerprint density at radius 2 is 1.77 bits per heavy atom. The summed E-state index contributed by atoms with van der Waals surface area (Å²) in [7, 11) is -2.30. The van der Waals surface area contributed by atoms with E-state index in [9.17, 15) is 18.3 Å². The maximum Gasteiger partial charge on any atom is 0.243 e. The van der Waals surface area contributed by atoms with Crippen LogP contribution in [0, 0.1) is 6.92 Å². The molecule has 0 bridgehead atoms. The Morgan fingerprint density at radius 1 is 1.13 bits per heavy atom. The summed E-state index contributed by atoms with van der Waals surface area (Å²) in [6.07, 6.45) is -1.04. The van der Waals surface area contributed by atoms with E-state index in [-0.39, 0.29) is 37.1 Å². The zero-order valence-electron chi connectivity index (χ0n) is 17.4. The van der Waals surface area contributed by atoms with Crippen molar-refractivity contribution < 1.29 is 27.8 Å². The third kappa shape index (κ3) is 7.10. The van der Waals surface area contributed by atoms with Crippen LogP contribution in [0.2, 0.25) is 0 Å². The third-order valence-electron chi connectivity index (χ3n) is 4.24. The summed E-state index contributed by atoms with van der Waals surface area (Å²) in [6.45, 7) is 3.37. The van der Waals surface area contributed by atoms with Crippen molar-refractivity contribution in [3.63, 3.8) is 0 Å². The minimum atomic E-state index is -3.79. The van der Waals surface area contributed by atoms with Gasteiger partial charge in [0, 0.05) is 32.8 Å². The van der Waals surface area contributed by atoms with Crippen molar-refractivity contribution in [1.82, 2.24) is 4.31 Å². The van der Waals surface area contributed by atoms with Crippen molar-refractivity contribution in [2.75, 3.05) is 38.7 Å². The molecule has 1 amide bonds. The minimum Gasteiger partial charge on any atom is -0.491 e. The van der Waals surface area contributed by atoms with Gasteiger partial charge < -0.3 is 19.9 Å². The van der Waals surface area contributed by atoms with E-state index in [0.29, 0.717) is 11.4 Å². The minimum absolute atomic E-state index is 0.0909. The third-order valence-corrected chi connectivity index (χ3v) is 6.11. The fraction of sp³-hybridized carbons (Fsp3) is 0.381. The smallest absolute Gasteiger partial charge is 0.243 e. The number of aliphatic hydroxyl groups is 1. The van der Waals surface area contributed by atoms with Gasteiger partial charge in [-0.15, -0.1) is 0 Å². The predicted octanol–water partition coefficient (Wildman–Crippen LogP) is 2.03. The van der Waals surface area contributed by atoms with Crippen LogP contribution in [0.15, 0.2) is 53.4 Å². The number of benzene rings is 2. The number of hydrogen-bond acceptors (Lipinski definition) is 6. The Morgan fingerprint density at radius 3 is 2.33 bits per heavy atom. The molecule has 0 spiro atoms. The summed E-state index contributed by atoms with van der Waals surface area (Å²) in [4.78, 5) is 11.2. The number of anilines is 1. The zero-order valence-corrected chi connectivity index (χ0v) is 18.2. The number of ether oxygens (including phenoxy) is 2. The molecule has 2 aromatic carbocycles. The number of nitrogens with one attached hydrogen (secondary N) is 1. The van der Waals surface area contributed by atoms with Crippen LogP contribution in [0.25, 0.3) is 0 Å². The highest BCUT2D eigenvalue weighted by molar-refractivity contribution is 7.89. The molecule has 2 aromatic rings. The highest BCUT2D eigenvalue weighted by atomic mass is 32.2. The van der Waals surface area contributed by atoms with E-state index in [4.69, 9.17) is 9.47 Å². The first-order chi connectivity index (χ1) is 14.2. The quantitative estimate of drug-likeness (QED) is 0.558. The molecule has 2 N–H and O–H groups in total. The molecule has 30 heavy (non-hydrogen) atoms. The second-order valence-corrected chi connectivity index (χ2v) is 8.78. The van der Waals surface area contributed by atoms with Gasteiger partial charge in [-0.3, -0.25) is 4.79 Å². The van der Waals surface area contributed by atoms with Gasteiger partial charge in [0.25, 0.3) is 0 Å². The van der Waals surface area contributed by atoms with E-state index in [2.05, 4.69) is 5.32 Å². The molecule has 2 rings (SSSR count). The molecule has 0 aliphatic heterocycles. The molecule has 0 aliphatic rings. The monoisotopic (exact) mass is 436 g/mol. The number of aliphatic hydroxyl groups excluding tert-OH is 1. The number of carbonyl (C=O) groups is 1. The maximum atomic E-state index is 13.0. The van der Waals surface area contributed by atoms with Gasteiger partial charge in [0.05, 0.1) is 11.5 Å². The van der Waals surface area contributed by atoms with Crippen LogP contribution in [0.3, 0.4) is 0 Å². The van der Waals surface area contributed by atoms with Gasteiger partial charge in [-0.05, 0) is 43.3 Å². The van der Waals surface area contributed by atoms with Gasteiger partial charge in [0.1, 0.15) is 18.5 Å². The Hall–Kier alpha value is -2.46. The largest absolute Gasteiger partial charge is 0.491 e. The van der Waals surface area contributed by atoms with E-state index >= 15 is 0 Å². The summed E-state index contributed by atoms with van der Waals surface area (Å²) in [5, 5.41) is 13.0. The first-order valence-electron chi connectivity index (χ1n) is 9.46. The van der Waals surface area contributed by atoms with Crippen LogP contribution < -0.4 is 10.1 Å². The van der Waals surface area contributed by atoms with Gasteiger partial charge in [-0.1, -0.05) is 17.7 Å². The summed E-state index contributed by atoms with van der Waals surface area (Å²) in [6, 6.07) is 13.2. The fourth-order valence-electron chi connectivity index (χ4n) is 2.68. The predicted molar refractivity (Wildman–Crippen MR) is 114 cm³/mol. The average Bonchev–Trinajstić information content (AvgIpc) is 2.70. The number of nitrogens with zero attached hydrogens (tertiary/aromatic N) is 1. The Bertz CT molecular complexity index is 914. The topological polar surface area (TPSA) is 105 Å². The number of hydrogen-bond donors (Lipinski definition) is 2. The number of carbonyl (C=O) groups excluding carboxylic acids is 1. The first kappa shape index (κ1) is 23.8. The van der Waals surface area contributed by atoms with Gasteiger partial charge in [-0.2, -0.15) is 4.31 Å². The molecule has 0 aliphatic carbocycles. The fourth-order valence-corrected chi connectivity index (χ4v) is 4.14. The summed E-state index contributed by atoms with van der Waals surface area (Å²) >= 11 is 0. The molecule has 1 atom stereocenters. The lowest BCUT2D eigenvalue weighted by atomic mass is 10.2. The SMILES string of the molecule is COCCN(CC(O)COc1ccc(NC(C)=O)cc1)S(=O)(=O)c1ccc(C)cc1. The number of methoxy groups -OCH3 is 1. The van der Waals surface area contributed by atoms with Crippen molar-refractivity contribution in [3.8, 4) is 5.75 Å². The number of amides is 1. The highest BCUT2D eigenvalue weighted by Gasteiger charge is 2.26. The summed E-state index contributed by atoms with van der Waals surface area (Å²) < 4.78 is 37.7. The van der Waals surface area contributed by atoms with Crippen molar-refractivity contribution in [2.45, 2.75) is 24.8 Å². The Balaban J connectivity index is 2.01.